The van der Waals surface area contributed by atoms with Crippen LogP contribution in [0.3, 0.4) is 0 Å². The molecule has 194 valence electrons. The Hall–Kier alpha value is -4.07. The van der Waals surface area contributed by atoms with Crippen molar-refractivity contribution in [2.24, 2.45) is 0 Å². The first-order chi connectivity index (χ1) is 17.4. The fourth-order valence-electron chi connectivity index (χ4n) is 3.54. The topological polar surface area (TPSA) is 86.0 Å². The van der Waals surface area contributed by atoms with Gasteiger partial charge < -0.3 is 9.84 Å². The summed E-state index contributed by atoms with van der Waals surface area (Å²) in [7, 11) is 0. The third-order valence-electron chi connectivity index (χ3n) is 5.35. The molecule has 0 aliphatic carbocycles. The molecule has 1 N–H and O–H groups in total. The van der Waals surface area contributed by atoms with Crippen molar-refractivity contribution in [3.63, 3.8) is 0 Å². The van der Waals surface area contributed by atoms with E-state index < -0.39 is 53.7 Å². The second-order valence-corrected chi connectivity index (χ2v) is 7.93. The number of tetrazole rings is 1. The van der Waals surface area contributed by atoms with E-state index in [0.29, 0.717) is 23.3 Å². The molecule has 4 rings (SSSR count). The van der Waals surface area contributed by atoms with Crippen molar-refractivity contribution in [3.8, 4) is 16.9 Å². The van der Waals surface area contributed by atoms with Gasteiger partial charge in [0.05, 0.1) is 6.54 Å². The molecule has 0 saturated heterocycles. The zero-order chi connectivity index (χ0) is 26.8. The lowest BCUT2D eigenvalue weighted by atomic mass is 9.84. The van der Waals surface area contributed by atoms with Gasteiger partial charge >= 0.3 is 12.1 Å². The lowest BCUT2D eigenvalue weighted by molar-refractivity contribution is -0.207. The monoisotopic (exact) mass is 527 g/mol. The lowest BCUT2D eigenvalue weighted by Gasteiger charge is -2.35. The molecule has 0 amide bonds. The first-order valence-corrected chi connectivity index (χ1v) is 10.4. The predicted molar refractivity (Wildman–Crippen MR) is 113 cm³/mol. The molecule has 7 nitrogen and oxygen atoms in total. The predicted octanol–water partition coefficient (Wildman–Crippen LogP) is 4.63. The molecule has 0 radical (unpaired) electrons. The summed E-state index contributed by atoms with van der Waals surface area (Å²) >= 11 is 0. The van der Waals surface area contributed by atoms with Gasteiger partial charge in [0.25, 0.3) is 0 Å². The van der Waals surface area contributed by atoms with Crippen molar-refractivity contribution in [2.45, 2.75) is 24.2 Å². The minimum absolute atomic E-state index is 0.0498. The van der Waals surface area contributed by atoms with Crippen LogP contribution in [0.5, 0.6) is 5.75 Å². The molecule has 37 heavy (non-hydrogen) atoms. The average Bonchev–Trinajstić information content (AvgIpc) is 3.35. The molecule has 1 atom stereocenters. The molecule has 14 heteroatoms. The van der Waals surface area contributed by atoms with Crippen LogP contribution in [-0.2, 0) is 18.1 Å². The number of hydrogen-bond acceptors (Lipinski definition) is 6. The maximum atomic E-state index is 15.8. The normalized spacial score (nSPS) is 13.8. The highest BCUT2D eigenvalue weighted by atomic mass is 19.4. The van der Waals surface area contributed by atoms with Crippen LogP contribution in [0.4, 0.5) is 30.7 Å². The average molecular weight is 527 g/mol. The minimum atomic E-state index is -4.51. The number of rotatable bonds is 8. The Balaban J connectivity index is 1.64. The molecule has 0 aliphatic heterocycles. The van der Waals surface area contributed by atoms with Crippen LogP contribution in [0.25, 0.3) is 11.1 Å². The number of aliphatic hydroxyl groups is 1. The van der Waals surface area contributed by atoms with E-state index in [1.54, 1.807) is 0 Å². The van der Waals surface area contributed by atoms with Crippen molar-refractivity contribution < 1.29 is 40.6 Å². The molecule has 0 aliphatic rings. The molecular formula is C23H16F7N5O2. The van der Waals surface area contributed by atoms with Gasteiger partial charge in [-0.05, 0) is 46.3 Å². The fraction of sp³-hybridized carbons (Fsp3) is 0.217. The van der Waals surface area contributed by atoms with Crippen LogP contribution in [0.1, 0.15) is 11.3 Å². The summed E-state index contributed by atoms with van der Waals surface area (Å²) in [4.78, 5) is 3.74. The van der Waals surface area contributed by atoms with E-state index in [0.717, 1.165) is 29.3 Å². The summed E-state index contributed by atoms with van der Waals surface area (Å²) in [5.41, 5.74) is -4.39. The molecule has 0 saturated carbocycles. The van der Waals surface area contributed by atoms with Gasteiger partial charge in [-0.3, -0.25) is 4.98 Å². The maximum Gasteiger partial charge on any atom is 0.422 e. The Bertz CT molecular complexity index is 1350. The van der Waals surface area contributed by atoms with Crippen LogP contribution >= 0.6 is 0 Å². The summed E-state index contributed by atoms with van der Waals surface area (Å²) in [6.45, 7) is -2.47. The molecule has 0 spiro atoms. The van der Waals surface area contributed by atoms with Gasteiger partial charge in [-0.25, -0.2) is 13.5 Å². The number of nitrogens with zero attached hydrogens (tertiary/aromatic N) is 5. The summed E-state index contributed by atoms with van der Waals surface area (Å²) in [5, 5.41) is 21.2. The molecule has 0 bridgehead atoms. The first kappa shape index (κ1) is 26.0. The summed E-state index contributed by atoms with van der Waals surface area (Å²) in [6, 6.07) is 9.25. The standard InChI is InChI=1S/C23H16F7N5O2/c24-16-4-7-18(19(25)9-16)21(36,11-35-13-32-33-34-35)23(29,30)20-8-3-15(10-31-20)14-1-5-17(6-2-14)37-12-22(26,27)28/h1-10,13,36H,11-12H2. The van der Waals surface area contributed by atoms with Crippen molar-refractivity contribution in [3.05, 3.63) is 90.0 Å². The summed E-state index contributed by atoms with van der Waals surface area (Å²) in [5.74, 6) is -6.73. The molecular weight excluding hydrogens is 511 g/mol. The van der Waals surface area contributed by atoms with Crippen LogP contribution in [0, 0.1) is 11.6 Å². The van der Waals surface area contributed by atoms with Crippen LogP contribution in [0.2, 0.25) is 0 Å². The fourth-order valence-corrected chi connectivity index (χ4v) is 3.54. The second-order valence-electron chi connectivity index (χ2n) is 7.93. The number of aromatic nitrogens is 5. The van der Waals surface area contributed by atoms with Crippen molar-refractivity contribution in [1.82, 2.24) is 25.2 Å². The van der Waals surface area contributed by atoms with Gasteiger partial charge in [-0.1, -0.05) is 18.2 Å². The SMILES string of the molecule is OC(Cn1cnnn1)(c1ccc(F)cc1F)C(F)(F)c1ccc(-c2ccc(OCC(F)(F)F)cc2)cn1. The van der Waals surface area contributed by atoms with Crippen LogP contribution in [-0.4, -0.2) is 43.1 Å². The Labute approximate surface area is 204 Å². The van der Waals surface area contributed by atoms with Crippen molar-refractivity contribution in [1.29, 1.82) is 0 Å². The Morgan fingerprint density at radius 2 is 1.59 bits per heavy atom. The van der Waals surface area contributed by atoms with Gasteiger partial charge in [-0.2, -0.15) is 22.0 Å². The second kappa shape index (κ2) is 9.76. The first-order valence-electron chi connectivity index (χ1n) is 10.4. The van der Waals surface area contributed by atoms with Gasteiger partial charge in [-0.15, -0.1) is 5.10 Å². The van der Waals surface area contributed by atoms with E-state index in [4.69, 9.17) is 0 Å². The van der Waals surface area contributed by atoms with Crippen LogP contribution < -0.4 is 4.74 Å². The maximum absolute atomic E-state index is 15.8. The Kier molecular flexibility index (Phi) is 6.86. The summed E-state index contributed by atoms with van der Waals surface area (Å²) < 4.78 is 102. The smallest absolute Gasteiger partial charge is 0.422 e. The Morgan fingerprint density at radius 3 is 2.16 bits per heavy atom. The number of benzene rings is 2. The highest BCUT2D eigenvalue weighted by Crippen LogP contribution is 2.46. The van der Waals surface area contributed by atoms with E-state index >= 15 is 8.78 Å². The highest BCUT2D eigenvalue weighted by Gasteiger charge is 2.58. The number of alkyl halides is 5. The zero-order valence-electron chi connectivity index (χ0n) is 18.5. The van der Waals surface area contributed by atoms with Crippen molar-refractivity contribution in [2.75, 3.05) is 6.61 Å². The number of hydrogen-bond donors (Lipinski definition) is 1. The summed E-state index contributed by atoms with van der Waals surface area (Å²) in [6.07, 6.45) is -2.53. The largest absolute Gasteiger partial charge is 0.484 e. The third-order valence-corrected chi connectivity index (χ3v) is 5.35. The van der Waals surface area contributed by atoms with E-state index in [1.165, 1.54) is 30.3 Å². The van der Waals surface area contributed by atoms with Gasteiger partial charge in [0, 0.05) is 23.4 Å². The van der Waals surface area contributed by atoms with Gasteiger partial charge in [0.2, 0.25) is 0 Å². The molecule has 1 unspecified atom stereocenters. The van der Waals surface area contributed by atoms with Crippen LogP contribution in [0.15, 0.2) is 67.1 Å². The zero-order valence-corrected chi connectivity index (χ0v) is 18.5. The van der Waals surface area contributed by atoms with Crippen molar-refractivity contribution >= 4 is 0 Å². The minimum Gasteiger partial charge on any atom is -0.484 e. The molecule has 2 aromatic carbocycles. The molecule has 0 fully saturated rings. The lowest BCUT2D eigenvalue weighted by Crippen LogP contribution is -2.48. The number of halogens is 7. The van der Waals surface area contributed by atoms with E-state index in [2.05, 4.69) is 25.2 Å². The third kappa shape index (κ3) is 5.53. The Morgan fingerprint density at radius 1 is 0.892 bits per heavy atom. The van der Waals surface area contributed by atoms with E-state index in [1.807, 2.05) is 0 Å². The quantitative estimate of drug-likeness (QED) is 0.337. The highest BCUT2D eigenvalue weighted by molar-refractivity contribution is 5.63. The molecule has 2 aromatic heterocycles. The molecule has 2 heterocycles. The van der Waals surface area contributed by atoms with Gasteiger partial charge in [0.1, 0.15) is 29.4 Å². The van der Waals surface area contributed by atoms with E-state index in [9.17, 15) is 27.1 Å². The molecule has 4 aromatic rings. The van der Waals surface area contributed by atoms with Gasteiger partial charge in [0.15, 0.2) is 12.2 Å². The number of ether oxygens (including phenoxy) is 1. The number of pyridine rings is 1. The van der Waals surface area contributed by atoms with E-state index in [-0.39, 0.29) is 5.75 Å².